The number of carboxylic acid groups (broad SMARTS) is 1. The Balaban J connectivity index is 1.06. The predicted molar refractivity (Wildman–Crippen MR) is 161 cm³/mol. The quantitative estimate of drug-likeness (QED) is 0.362. The van der Waals surface area contributed by atoms with Crippen LogP contribution in [-0.4, -0.2) is 85.8 Å². The summed E-state index contributed by atoms with van der Waals surface area (Å²) < 4.78 is 1.73. The molecule has 222 valence electrons. The minimum Gasteiger partial charge on any atom is -0.508 e. The molecule has 3 saturated heterocycles. The SMILES string of the molecule is Cc1cc(N2CCC(C)(c3ccc(O)cc3)C2)cn2nc(C(=O)N3CC[C@@]4(CCN(c5cccc(C(=O)O)n5)C4)C3)nc12. The molecule has 2 N–H and O–H groups in total. The molecular weight excluding hydrogens is 546 g/mol. The number of aromatic carboxylic acids is 1. The molecule has 3 aliphatic rings. The Morgan fingerprint density at radius 2 is 1.67 bits per heavy atom. The second-order valence-electron chi connectivity index (χ2n) is 12.7. The molecule has 3 aromatic heterocycles. The van der Waals surface area contributed by atoms with Gasteiger partial charge in [0.15, 0.2) is 11.3 Å². The number of anilines is 2. The van der Waals surface area contributed by atoms with E-state index in [2.05, 4.69) is 37.9 Å². The molecule has 11 heteroatoms. The van der Waals surface area contributed by atoms with E-state index in [1.165, 1.54) is 11.6 Å². The summed E-state index contributed by atoms with van der Waals surface area (Å²) in [7, 11) is 0. The summed E-state index contributed by atoms with van der Waals surface area (Å²) in [5, 5.41) is 23.7. The molecule has 1 amide bonds. The van der Waals surface area contributed by atoms with Gasteiger partial charge in [-0.2, -0.15) is 0 Å². The van der Waals surface area contributed by atoms with E-state index >= 15 is 0 Å². The van der Waals surface area contributed by atoms with Crippen LogP contribution in [-0.2, 0) is 5.41 Å². The number of amides is 1. The molecular formula is C32H35N7O4. The number of benzene rings is 1. The Morgan fingerprint density at radius 3 is 2.47 bits per heavy atom. The number of phenolic OH excluding ortho intramolecular Hbond substituents is 1. The van der Waals surface area contributed by atoms with Gasteiger partial charge in [0.05, 0.1) is 11.9 Å². The van der Waals surface area contributed by atoms with Crippen LogP contribution in [0, 0.1) is 12.3 Å². The lowest BCUT2D eigenvalue weighted by Crippen LogP contribution is -2.34. The molecule has 0 saturated carbocycles. The molecule has 3 aliphatic heterocycles. The molecule has 1 aromatic carbocycles. The van der Waals surface area contributed by atoms with Crippen molar-refractivity contribution in [3.05, 3.63) is 77.4 Å². The Bertz CT molecular complexity index is 1740. The predicted octanol–water partition coefficient (Wildman–Crippen LogP) is 3.75. The second-order valence-corrected chi connectivity index (χ2v) is 12.7. The smallest absolute Gasteiger partial charge is 0.354 e. The van der Waals surface area contributed by atoms with Crippen molar-refractivity contribution in [1.82, 2.24) is 24.5 Å². The van der Waals surface area contributed by atoms with Crippen molar-refractivity contribution in [1.29, 1.82) is 0 Å². The van der Waals surface area contributed by atoms with Crippen LogP contribution >= 0.6 is 0 Å². The first kappa shape index (κ1) is 27.2. The van der Waals surface area contributed by atoms with Gasteiger partial charge >= 0.3 is 5.97 Å². The molecule has 0 bridgehead atoms. The van der Waals surface area contributed by atoms with Crippen molar-refractivity contribution in [2.24, 2.45) is 5.41 Å². The summed E-state index contributed by atoms with van der Waals surface area (Å²) in [5.74, 6) is -0.0556. The summed E-state index contributed by atoms with van der Waals surface area (Å²) in [6.07, 6.45) is 4.74. The van der Waals surface area contributed by atoms with E-state index < -0.39 is 5.97 Å². The van der Waals surface area contributed by atoms with Crippen LogP contribution in [0.2, 0.25) is 0 Å². The van der Waals surface area contributed by atoms with Crippen molar-refractivity contribution in [2.45, 2.75) is 38.5 Å². The summed E-state index contributed by atoms with van der Waals surface area (Å²) in [6.45, 7) is 8.75. The van der Waals surface area contributed by atoms with Gasteiger partial charge in [0.2, 0.25) is 5.82 Å². The standard InChI is InChI=1S/C32H35N7O4/c1-21-16-23(36-13-10-31(2,18-36)22-6-8-24(40)9-7-22)17-39-28(21)34-27(35-39)29(41)38-15-12-32(20-38)11-14-37(19-32)26-5-3-4-25(33-26)30(42)43/h3-9,16-17,40H,10-15,18-20H2,1-2H3,(H,42,43)/t31?,32-/m1/s1. The van der Waals surface area contributed by atoms with Gasteiger partial charge in [-0.25, -0.2) is 19.3 Å². The first-order valence-electron chi connectivity index (χ1n) is 14.8. The number of pyridine rings is 2. The van der Waals surface area contributed by atoms with E-state index in [0.29, 0.717) is 24.6 Å². The normalized spacial score (nSPS) is 23.6. The van der Waals surface area contributed by atoms with Crippen LogP contribution in [0.4, 0.5) is 11.5 Å². The molecule has 3 fully saturated rings. The maximum absolute atomic E-state index is 13.6. The fourth-order valence-electron chi connectivity index (χ4n) is 7.11. The number of hydrogen-bond acceptors (Lipinski definition) is 8. The van der Waals surface area contributed by atoms with Gasteiger partial charge in [-0.3, -0.25) is 4.79 Å². The van der Waals surface area contributed by atoms with Gasteiger partial charge in [-0.1, -0.05) is 25.1 Å². The number of carbonyl (C=O) groups is 2. The highest BCUT2D eigenvalue weighted by atomic mass is 16.4. The van der Waals surface area contributed by atoms with E-state index in [-0.39, 0.29) is 34.0 Å². The minimum atomic E-state index is -1.04. The van der Waals surface area contributed by atoms with E-state index in [1.54, 1.807) is 22.7 Å². The molecule has 0 radical (unpaired) electrons. The van der Waals surface area contributed by atoms with Crippen molar-refractivity contribution in [3.63, 3.8) is 0 Å². The summed E-state index contributed by atoms with van der Waals surface area (Å²) in [5.41, 5.74) is 3.84. The van der Waals surface area contributed by atoms with Gasteiger partial charge < -0.3 is 24.9 Å². The maximum Gasteiger partial charge on any atom is 0.354 e. The van der Waals surface area contributed by atoms with Gasteiger partial charge in [0, 0.05) is 50.1 Å². The number of carboxylic acids is 1. The Morgan fingerprint density at radius 1 is 0.907 bits per heavy atom. The zero-order chi connectivity index (χ0) is 29.9. The third-order valence-corrected chi connectivity index (χ3v) is 9.64. The molecule has 7 rings (SSSR count). The van der Waals surface area contributed by atoms with Crippen molar-refractivity contribution in [2.75, 3.05) is 49.1 Å². The van der Waals surface area contributed by atoms with Crippen LogP contribution in [0.3, 0.4) is 0 Å². The van der Waals surface area contributed by atoms with Crippen molar-refractivity contribution < 1.29 is 19.8 Å². The van der Waals surface area contributed by atoms with E-state index in [4.69, 9.17) is 0 Å². The van der Waals surface area contributed by atoms with E-state index in [1.807, 2.05) is 36.2 Å². The highest BCUT2D eigenvalue weighted by Crippen LogP contribution is 2.41. The van der Waals surface area contributed by atoms with Crippen molar-refractivity contribution in [3.8, 4) is 5.75 Å². The number of aryl methyl sites for hydroxylation is 1. The van der Waals surface area contributed by atoms with Crippen LogP contribution in [0.15, 0.2) is 54.7 Å². The average molecular weight is 582 g/mol. The number of aromatic nitrogens is 4. The number of fused-ring (bicyclic) bond motifs is 1. The van der Waals surface area contributed by atoms with Gasteiger partial charge in [-0.15, -0.1) is 5.10 Å². The number of rotatable bonds is 5. The van der Waals surface area contributed by atoms with Crippen LogP contribution < -0.4 is 9.80 Å². The van der Waals surface area contributed by atoms with E-state index in [0.717, 1.165) is 56.7 Å². The summed E-state index contributed by atoms with van der Waals surface area (Å²) in [6, 6.07) is 14.7. The van der Waals surface area contributed by atoms with Gasteiger partial charge in [0.25, 0.3) is 5.91 Å². The number of carbonyl (C=O) groups excluding carboxylic acids is 1. The average Bonchev–Trinajstić information content (AvgIpc) is 3.80. The Hall–Kier alpha value is -4.67. The summed E-state index contributed by atoms with van der Waals surface area (Å²) in [4.78, 5) is 40.3. The monoisotopic (exact) mass is 581 g/mol. The number of aromatic hydroxyl groups is 1. The first-order valence-corrected chi connectivity index (χ1v) is 14.8. The molecule has 11 nitrogen and oxygen atoms in total. The number of hydrogen-bond donors (Lipinski definition) is 2. The fraction of sp³-hybridized carbons (Fsp3) is 0.406. The number of phenols is 1. The third kappa shape index (κ3) is 4.82. The Labute approximate surface area is 249 Å². The second kappa shape index (κ2) is 9.96. The fourth-order valence-corrected chi connectivity index (χ4v) is 7.11. The largest absolute Gasteiger partial charge is 0.508 e. The maximum atomic E-state index is 13.6. The first-order chi connectivity index (χ1) is 20.6. The molecule has 6 heterocycles. The van der Waals surface area contributed by atoms with E-state index in [9.17, 15) is 19.8 Å². The lowest BCUT2D eigenvalue weighted by molar-refractivity contribution is 0.0689. The zero-order valence-electron chi connectivity index (χ0n) is 24.4. The summed E-state index contributed by atoms with van der Waals surface area (Å²) >= 11 is 0. The highest BCUT2D eigenvalue weighted by Gasteiger charge is 2.46. The number of likely N-dealkylation sites (tertiary alicyclic amines) is 1. The topological polar surface area (TPSA) is 127 Å². The zero-order valence-corrected chi connectivity index (χ0v) is 24.4. The molecule has 2 atom stereocenters. The lowest BCUT2D eigenvalue weighted by Gasteiger charge is -2.26. The number of nitrogens with zero attached hydrogens (tertiary/aromatic N) is 7. The van der Waals surface area contributed by atoms with Crippen LogP contribution in [0.25, 0.3) is 5.65 Å². The lowest BCUT2D eigenvalue weighted by atomic mass is 9.82. The molecule has 0 aliphatic carbocycles. The van der Waals surface area contributed by atoms with Crippen molar-refractivity contribution >= 4 is 29.0 Å². The molecule has 43 heavy (non-hydrogen) atoms. The van der Waals surface area contributed by atoms with Crippen LogP contribution in [0.1, 0.15) is 58.4 Å². The molecule has 4 aromatic rings. The van der Waals surface area contributed by atoms with Crippen LogP contribution in [0.5, 0.6) is 5.75 Å². The minimum absolute atomic E-state index is 0.0310. The van der Waals surface area contributed by atoms with Gasteiger partial charge in [-0.05, 0) is 67.6 Å². The Kier molecular flexibility index (Phi) is 6.30. The third-order valence-electron chi connectivity index (χ3n) is 9.64. The van der Waals surface area contributed by atoms with Gasteiger partial charge in [0.1, 0.15) is 11.6 Å². The highest BCUT2D eigenvalue weighted by molar-refractivity contribution is 5.91. The molecule has 1 spiro atoms. The molecule has 1 unspecified atom stereocenters.